The molecule has 1 amide bonds. The van der Waals surface area contributed by atoms with Gasteiger partial charge in [-0.05, 0) is 28.8 Å². The number of aromatic amines is 1. The third kappa shape index (κ3) is 5.85. The molecule has 0 unspecified atom stereocenters. The molecule has 0 bridgehead atoms. The standard InChI is InChI=1S/C34H35N5O6/c1-21(2)31(41)37-33-36-30-29(32(42)38-33)35-20-39(30)28-18-26(40)27(45-28)19-44-34(22-11-6-4-7-12-22,23-13-8-5-9-14-23)24-15-10-16-25(17-24)43-3/h4-17,20-21,26-28,40H,18-19H2,1-3H3,(H2,36,37,38,41,42)/t26-,27+,28+/m0/s1. The van der Waals surface area contributed by atoms with Crippen molar-refractivity contribution in [2.24, 2.45) is 5.92 Å². The molecule has 3 aromatic carbocycles. The smallest absolute Gasteiger partial charge is 0.280 e. The van der Waals surface area contributed by atoms with Crippen molar-refractivity contribution in [1.82, 2.24) is 19.5 Å². The number of hydrogen-bond acceptors (Lipinski definition) is 8. The highest BCUT2D eigenvalue weighted by atomic mass is 16.6. The molecule has 5 aromatic rings. The van der Waals surface area contributed by atoms with E-state index in [2.05, 4.69) is 20.3 Å². The summed E-state index contributed by atoms with van der Waals surface area (Å²) in [4.78, 5) is 36.2. The van der Waals surface area contributed by atoms with Crippen LogP contribution in [-0.4, -0.2) is 56.5 Å². The monoisotopic (exact) mass is 609 g/mol. The average molecular weight is 610 g/mol. The van der Waals surface area contributed by atoms with Gasteiger partial charge in [0.1, 0.15) is 23.7 Å². The van der Waals surface area contributed by atoms with Crippen LogP contribution in [0, 0.1) is 5.92 Å². The number of carbonyl (C=O) groups is 1. The largest absolute Gasteiger partial charge is 0.497 e. The molecule has 1 aliphatic heterocycles. The van der Waals surface area contributed by atoms with E-state index < -0.39 is 29.6 Å². The number of anilines is 1. The Balaban J connectivity index is 1.33. The Bertz CT molecular complexity index is 1800. The zero-order chi connectivity index (χ0) is 31.6. The fraction of sp³-hybridized carbons (Fsp3) is 0.294. The Morgan fingerprint density at radius 2 is 1.73 bits per heavy atom. The van der Waals surface area contributed by atoms with Gasteiger partial charge in [-0.15, -0.1) is 0 Å². The van der Waals surface area contributed by atoms with Gasteiger partial charge in [0.05, 0.1) is 26.1 Å². The fourth-order valence-corrected chi connectivity index (χ4v) is 5.64. The molecule has 3 heterocycles. The molecule has 1 aliphatic rings. The van der Waals surface area contributed by atoms with E-state index in [1.807, 2.05) is 84.9 Å². The molecule has 0 spiro atoms. The van der Waals surface area contributed by atoms with Crippen LogP contribution < -0.4 is 15.6 Å². The van der Waals surface area contributed by atoms with E-state index in [1.165, 1.54) is 6.33 Å². The molecule has 6 rings (SSSR count). The Kier molecular flexibility index (Phi) is 8.48. The van der Waals surface area contributed by atoms with Gasteiger partial charge < -0.3 is 19.3 Å². The van der Waals surface area contributed by atoms with Gasteiger partial charge in [-0.1, -0.05) is 86.6 Å². The Hall–Kier alpha value is -4.84. The Morgan fingerprint density at radius 1 is 1.07 bits per heavy atom. The normalized spacial score (nSPS) is 18.4. The van der Waals surface area contributed by atoms with E-state index in [0.717, 1.165) is 16.7 Å². The van der Waals surface area contributed by atoms with E-state index in [0.29, 0.717) is 5.75 Å². The van der Waals surface area contributed by atoms with Crippen molar-refractivity contribution in [2.45, 2.75) is 44.3 Å². The lowest BCUT2D eigenvalue weighted by Crippen LogP contribution is -2.38. The van der Waals surface area contributed by atoms with Crippen molar-refractivity contribution in [2.75, 3.05) is 19.0 Å². The van der Waals surface area contributed by atoms with Crippen LogP contribution in [0.4, 0.5) is 5.95 Å². The highest BCUT2D eigenvalue weighted by Crippen LogP contribution is 2.42. The minimum Gasteiger partial charge on any atom is -0.497 e. The van der Waals surface area contributed by atoms with Crippen LogP contribution >= 0.6 is 0 Å². The maximum Gasteiger partial charge on any atom is 0.280 e. The third-order valence-electron chi connectivity index (χ3n) is 8.01. The van der Waals surface area contributed by atoms with Crippen LogP contribution in [0.15, 0.2) is 96.1 Å². The number of nitrogens with one attached hydrogen (secondary N) is 2. The quantitative estimate of drug-likeness (QED) is 0.198. The number of aliphatic hydroxyl groups excluding tert-OH is 1. The number of aliphatic hydroxyl groups is 1. The van der Waals surface area contributed by atoms with Gasteiger partial charge >= 0.3 is 0 Å². The third-order valence-corrected chi connectivity index (χ3v) is 8.01. The zero-order valence-electron chi connectivity index (χ0n) is 25.2. The first-order valence-corrected chi connectivity index (χ1v) is 14.8. The molecule has 2 aromatic heterocycles. The topological polar surface area (TPSA) is 141 Å². The number of carbonyl (C=O) groups excluding carboxylic acids is 1. The lowest BCUT2D eigenvalue weighted by Gasteiger charge is -2.37. The summed E-state index contributed by atoms with van der Waals surface area (Å²) in [7, 11) is 1.62. The van der Waals surface area contributed by atoms with Gasteiger partial charge in [0.25, 0.3) is 5.56 Å². The first kappa shape index (κ1) is 30.2. The number of methoxy groups -OCH3 is 1. The number of fused-ring (bicyclic) bond motifs is 1. The van der Waals surface area contributed by atoms with Crippen molar-refractivity contribution in [3.63, 3.8) is 0 Å². The Morgan fingerprint density at radius 3 is 2.38 bits per heavy atom. The summed E-state index contributed by atoms with van der Waals surface area (Å²) in [6, 6.07) is 27.5. The number of rotatable bonds is 10. The van der Waals surface area contributed by atoms with Gasteiger partial charge in [-0.3, -0.25) is 24.5 Å². The Labute approximate surface area is 259 Å². The predicted octanol–water partition coefficient (Wildman–Crippen LogP) is 4.38. The number of aromatic nitrogens is 4. The molecule has 1 fully saturated rings. The summed E-state index contributed by atoms with van der Waals surface area (Å²) in [5.74, 6) is 0.105. The first-order valence-electron chi connectivity index (χ1n) is 14.8. The fourth-order valence-electron chi connectivity index (χ4n) is 5.64. The number of benzene rings is 3. The van der Waals surface area contributed by atoms with E-state index >= 15 is 0 Å². The average Bonchev–Trinajstić information content (AvgIpc) is 3.65. The van der Waals surface area contributed by atoms with Crippen LogP contribution in [-0.2, 0) is 19.9 Å². The summed E-state index contributed by atoms with van der Waals surface area (Å²) >= 11 is 0. The number of imidazole rings is 1. The van der Waals surface area contributed by atoms with E-state index in [4.69, 9.17) is 14.2 Å². The van der Waals surface area contributed by atoms with Crippen LogP contribution in [0.3, 0.4) is 0 Å². The highest BCUT2D eigenvalue weighted by Gasteiger charge is 2.42. The SMILES string of the molecule is COc1cccc(C(OC[C@H]2O[C@@H](n3cnc4c(=O)[nH]c(NC(=O)C(C)C)nc43)C[C@@H]2O)(c2ccccc2)c2ccccc2)c1. The molecule has 11 nitrogen and oxygen atoms in total. The first-order chi connectivity index (χ1) is 21.8. The molecular weight excluding hydrogens is 574 g/mol. The van der Waals surface area contributed by atoms with Crippen LogP contribution in [0.2, 0.25) is 0 Å². The van der Waals surface area contributed by atoms with E-state index in [-0.39, 0.29) is 42.0 Å². The van der Waals surface area contributed by atoms with Crippen molar-refractivity contribution in [3.8, 4) is 5.75 Å². The molecule has 0 radical (unpaired) electrons. The minimum absolute atomic E-state index is 0.0140. The molecule has 232 valence electrons. The van der Waals surface area contributed by atoms with Crippen molar-refractivity contribution in [1.29, 1.82) is 0 Å². The van der Waals surface area contributed by atoms with Gasteiger partial charge in [0, 0.05) is 12.3 Å². The number of H-pyrrole nitrogens is 1. The number of nitrogens with zero attached hydrogens (tertiary/aromatic N) is 3. The molecule has 0 aliphatic carbocycles. The van der Waals surface area contributed by atoms with Crippen molar-refractivity contribution < 1.29 is 24.1 Å². The second-order valence-corrected chi connectivity index (χ2v) is 11.3. The predicted molar refractivity (Wildman–Crippen MR) is 168 cm³/mol. The minimum atomic E-state index is -1.06. The second kappa shape index (κ2) is 12.6. The molecule has 3 N–H and O–H groups in total. The van der Waals surface area contributed by atoms with Gasteiger partial charge in [0.2, 0.25) is 11.9 Å². The highest BCUT2D eigenvalue weighted by molar-refractivity contribution is 5.91. The number of amides is 1. The van der Waals surface area contributed by atoms with Crippen LogP contribution in [0.25, 0.3) is 11.2 Å². The molecule has 11 heteroatoms. The molecular formula is C34H35N5O6. The maximum atomic E-state index is 12.7. The van der Waals surface area contributed by atoms with Gasteiger partial charge in [0.15, 0.2) is 11.2 Å². The van der Waals surface area contributed by atoms with E-state index in [9.17, 15) is 14.7 Å². The summed E-state index contributed by atoms with van der Waals surface area (Å²) < 4.78 is 20.4. The van der Waals surface area contributed by atoms with Crippen molar-refractivity contribution in [3.05, 3.63) is 118 Å². The van der Waals surface area contributed by atoms with Gasteiger partial charge in [-0.25, -0.2) is 4.98 Å². The molecule has 1 saturated heterocycles. The summed E-state index contributed by atoms with van der Waals surface area (Å²) in [6.07, 6.45) is -0.613. The number of hydrogen-bond donors (Lipinski definition) is 3. The maximum absolute atomic E-state index is 12.7. The number of ether oxygens (including phenoxy) is 3. The lowest BCUT2D eigenvalue weighted by atomic mass is 9.80. The second-order valence-electron chi connectivity index (χ2n) is 11.3. The lowest BCUT2D eigenvalue weighted by molar-refractivity contribution is -0.118. The summed E-state index contributed by atoms with van der Waals surface area (Å²) in [5.41, 5.74) is 1.42. The zero-order valence-corrected chi connectivity index (χ0v) is 25.2. The van der Waals surface area contributed by atoms with Gasteiger partial charge in [-0.2, -0.15) is 4.98 Å². The summed E-state index contributed by atoms with van der Waals surface area (Å²) in [5, 5.41) is 13.8. The molecule has 45 heavy (non-hydrogen) atoms. The van der Waals surface area contributed by atoms with E-state index in [1.54, 1.807) is 25.5 Å². The molecule has 0 saturated carbocycles. The van der Waals surface area contributed by atoms with Crippen LogP contribution in [0.1, 0.15) is 43.2 Å². The van der Waals surface area contributed by atoms with Crippen molar-refractivity contribution >= 4 is 23.0 Å². The van der Waals surface area contributed by atoms with Crippen LogP contribution in [0.5, 0.6) is 5.75 Å². The summed E-state index contributed by atoms with van der Waals surface area (Å²) in [6.45, 7) is 3.52. The molecule has 3 atom stereocenters.